The predicted octanol–water partition coefficient (Wildman–Crippen LogP) is 8.32. The van der Waals surface area contributed by atoms with Gasteiger partial charge in [-0.1, -0.05) is 66.0 Å². The van der Waals surface area contributed by atoms with Crippen molar-refractivity contribution in [3.8, 4) is 0 Å². The quantitative estimate of drug-likeness (QED) is 0.181. The van der Waals surface area contributed by atoms with E-state index in [1.54, 1.807) is 0 Å². The van der Waals surface area contributed by atoms with Crippen molar-refractivity contribution in [1.29, 1.82) is 0 Å². The Labute approximate surface area is 222 Å². The van der Waals surface area contributed by atoms with Crippen LogP contribution in [-0.2, 0) is 11.0 Å². The molecule has 2 atom stereocenters. The zero-order valence-electron chi connectivity index (χ0n) is 18.9. The van der Waals surface area contributed by atoms with Crippen molar-refractivity contribution in [3.63, 3.8) is 0 Å². The number of benzene rings is 2. The third-order valence-electron chi connectivity index (χ3n) is 5.18. The number of nitrogens with one attached hydrogen (secondary N) is 1. The number of hydrogen-bond donors (Lipinski definition) is 1. The van der Waals surface area contributed by atoms with Crippen molar-refractivity contribution in [3.05, 3.63) is 73.7 Å². The summed E-state index contributed by atoms with van der Waals surface area (Å²) in [6.45, 7) is 0.134. The zero-order chi connectivity index (χ0) is 28.1. The minimum atomic E-state index is -5.02. The number of Topliss-reactive ketones (excluding diaryl/α,β-unsaturated/α-hetero) is 1. The van der Waals surface area contributed by atoms with E-state index in [-0.39, 0.29) is 32.7 Å². The fourth-order valence-electron chi connectivity index (χ4n) is 3.34. The number of amides is 1. The molecule has 0 aliphatic heterocycles. The number of halogens is 10. The molecular formula is C24H19Cl3F7NO2. The van der Waals surface area contributed by atoms with Gasteiger partial charge >= 0.3 is 12.4 Å². The lowest BCUT2D eigenvalue weighted by Gasteiger charge is -2.19. The molecule has 2 aromatic carbocycles. The first-order chi connectivity index (χ1) is 17.1. The average molecular weight is 593 g/mol. The molecule has 13 heteroatoms. The summed E-state index contributed by atoms with van der Waals surface area (Å²) >= 11 is 17.4. The van der Waals surface area contributed by atoms with Crippen molar-refractivity contribution < 1.29 is 40.3 Å². The van der Waals surface area contributed by atoms with E-state index >= 15 is 0 Å². The number of ketones is 1. The summed E-state index contributed by atoms with van der Waals surface area (Å²) in [5.41, 5.74) is -2.78. The summed E-state index contributed by atoms with van der Waals surface area (Å²) in [5, 5.41) is 1.57. The third kappa shape index (κ3) is 8.35. The van der Waals surface area contributed by atoms with Crippen LogP contribution in [0.5, 0.6) is 0 Å². The minimum Gasteiger partial charge on any atom is -0.353 e. The van der Waals surface area contributed by atoms with Gasteiger partial charge in [0, 0.05) is 24.4 Å². The molecule has 1 amide bonds. The lowest BCUT2D eigenvalue weighted by atomic mass is 9.93. The topological polar surface area (TPSA) is 46.2 Å². The SMILES string of the molecule is CC(CC(=O)c1ccc(/C=C/C(c2cc(Cl)c(Cl)c(Cl)c2)C(F)(F)F)cc1C(F)(F)F)C(=O)NCCF. The maximum absolute atomic E-state index is 13.7. The van der Waals surface area contributed by atoms with Gasteiger partial charge in [-0.25, -0.2) is 4.39 Å². The van der Waals surface area contributed by atoms with Crippen molar-refractivity contribution in [1.82, 2.24) is 5.32 Å². The molecule has 202 valence electrons. The molecule has 0 heterocycles. The largest absolute Gasteiger partial charge is 0.417 e. The van der Waals surface area contributed by atoms with E-state index in [1.807, 2.05) is 0 Å². The maximum Gasteiger partial charge on any atom is 0.417 e. The first kappa shape index (κ1) is 30.9. The van der Waals surface area contributed by atoms with Gasteiger partial charge in [-0.05, 0) is 29.3 Å². The summed E-state index contributed by atoms with van der Waals surface area (Å²) in [4.78, 5) is 24.4. The van der Waals surface area contributed by atoms with E-state index in [9.17, 15) is 40.3 Å². The molecule has 0 spiro atoms. The zero-order valence-corrected chi connectivity index (χ0v) is 21.2. The number of hydrogen-bond acceptors (Lipinski definition) is 2. The van der Waals surface area contributed by atoms with Crippen LogP contribution >= 0.6 is 34.8 Å². The first-order valence-corrected chi connectivity index (χ1v) is 11.7. The van der Waals surface area contributed by atoms with Crippen LogP contribution in [0.4, 0.5) is 30.7 Å². The molecule has 2 rings (SSSR count). The molecule has 0 saturated carbocycles. The minimum absolute atomic E-state index is 0.152. The third-order valence-corrected chi connectivity index (χ3v) is 6.38. The van der Waals surface area contributed by atoms with Crippen molar-refractivity contribution in [2.45, 2.75) is 31.6 Å². The van der Waals surface area contributed by atoms with Crippen LogP contribution in [-0.4, -0.2) is 31.1 Å². The highest BCUT2D eigenvalue weighted by Crippen LogP contribution is 2.41. The van der Waals surface area contributed by atoms with E-state index in [0.717, 1.165) is 30.3 Å². The van der Waals surface area contributed by atoms with Crippen LogP contribution in [0.25, 0.3) is 6.08 Å². The summed E-state index contributed by atoms with van der Waals surface area (Å²) in [7, 11) is 0. The maximum atomic E-state index is 13.7. The van der Waals surface area contributed by atoms with Crippen LogP contribution in [0.1, 0.15) is 46.3 Å². The van der Waals surface area contributed by atoms with Crippen LogP contribution in [0, 0.1) is 5.92 Å². The molecule has 0 aliphatic carbocycles. The smallest absolute Gasteiger partial charge is 0.353 e. The molecule has 0 bridgehead atoms. The summed E-state index contributed by atoms with van der Waals surface area (Å²) in [6.07, 6.45) is -9.01. The molecule has 0 aliphatic rings. The first-order valence-electron chi connectivity index (χ1n) is 10.5. The molecule has 0 radical (unpaired) electrons. The molecule has 0 aromatic heterocycles. The highest BCUT2D eigenvalue weighted by Gasteiger charge is 2.40. The van der Waals surface area contributed by atoms with Gasteiger partial charge in [0.05, 0.1) is 26.5 Å². The van der Waals surface area contributed by atoms with Crippen LogP contribution < -0.4 is 5.32 Å². The van der Waals surface area contributed by atoms with Gasteiger partial charge in [0.25, 0.3) is 0 Å². The summed E-state index contributed by atoms with van der Waals surface area (Å²) in [6, 6.07) is 4.31. The van der Waals surface area contributed by atoms with Gasteiger partial charge in [-0.3, -0.25) is 9.59 Å². The highest BCUT2D eigenvalue weighted by atomic mass is 35.5. The second-order valence-corrected chi connectivity index (χ2v) is 9.18. The normalized spacial score (nSPS) is 14.0. The Morgan fingerprint density at radius 1 is 1.00 bits per heavy atom. The van der Waals surface area contributed by atoms with Gasteiger partial charge in [0.1, 0.15) is 6.67 Å². The van der Waals surface area contributed by atoms with Crippen LogP contribution in [0.3, 0.4) is 0 Å². The standard InChI is InChI=1S/C24H19Cl3F7NO2/c1-12(22(37)35-7-6-28)8-20(36)15-4-2-13(9-17(15)24(32,33)34)3-5-16(23(29,30)31)14-10-18(25)21(27)19(26)11-14/h2-5,9-12,16H,6-8H2,1H3,(H,35,37)/b5-3+. The molecule has 0 saturated heterocycles. The van der Waals surface area contributed by atoms with E-state index < -0.39 is 60.1 Å². The van der Waals surface area contributed by atoms with Gasteiger partial charge in [0.2, 0.25) is 5.91 Å². The number of carbonyl (C=O) groups excluding carboxylic acids is 2. The Hall–Kier alpha value is -2.30. The summed E-state index contributed by atoms with van der Waals surface area (Å²) in [5.74, 6) is -5.03. The molecule has 0 fully saturated rings. The fraction of sp³-hybridized carbons (Fsp3) is 0.333. The number of carbonyl (C=O) groups is 2. The van der Waals surface area contributed by atoms with E-state index in [1.165, 1.54) is 6.92 Å². The Bertz CT molecular complexity index is 1160. The Morgan fingerprint density at radius 3 is 2.11 bits per heavy atom. The lowest BCUT2D eigenvalue weighted by molar-refractivity contribution is -0.139. The molecular weight excluding hydrogens is 574 g/mol. The molecule has 3 nitrogen and oxygen atoms in total. The predicted molar refractivity (Wildman–Crippen MR) is 128 cm³/mol. The number of allylic oxidation sites excluding steroid dienone is 1. The van der Waals surface area contributed by atoms with Crippen molar-refractivity contribution >= 4 is 52.6 Å². The summed E-state index contributed by atoms with van der Waals surface area (Å²) < 4.78 is 94.5. The van der Waals surface area contributed by atoms with Crippen molar-refractivity contribution in [2.24, 2.45) is 5.92 Å². The van der Waals surface area contributed by atoms with Gasteiger partial charge in [0.15, 0.2) is 5.78 Å². The Balaban J connectivity index is 2.41. The Kier molecular flexibility index (Phi) is 10.4. The second kappa shape index (κ2) is 12.5. The van der Waals surface area contributed by atoms with Gasteiger partial charge < -0.3 is 5.32 Å². The average Bonchev–Trinajstić information content (AvgIpc) is 2.79. The molecule has 2 aromatic rings. The van der Waals surface area contributed by atoms with Crippen molar-refractivity contribution in [2.75, 3.05) is 13.2 Å². The van der Waals surface area contributed by atoms with E-state index in [4.69, 9.17) is 34.8 Å². The molecule has 37 heavy (non-hydrogen) atoms. The van der Waals surface area contributed by atoms with Gasteiger partial charge in [-0.15, -0.1) is 0 Å². The second-order valence-electron chi connectivity index (χ2n) is 7.99. The van der Waals surface area contributed by atoms with Crippen LogP contribution in [0.2, 0.25) is 15.1 Å². The lowest BCUT2D eigenvalue weighted by Crippen LogP contribution is -2.32. The Morgan fingerprint density at radius 2 is 1.59 bits per heavy atom. The molecule has 1 N–H and O–H groups in total. The fourth-order valence-corrected chi connectivity index (χ4v) is 3.95. The number of rotatable bonds is 9. The highest BCUT2D eigenvalue weighted by molar-refractivity contribution is 6.48. The van der Waals surface area contributed by atoms with E-state index in [0.29, 0.717) is 12.1 Å². The van der Waals surface area contributed by atoms with E-state index in [2.05, 4.69) is 5.32 Å². The van der Waals surface area contributed by atoms with Gasteiger partial charge in [-0.2, -0.15) is 26.3 Å². The number of alkyl halides is 7. The molecule has 2 unspecified atom stereocenters. The van der Waals surface area contributed by atoms with Crippen LogP contribution in [0.15, 0.2) is 36.4 Å². The monoisotopic (exact) mass is 591 g/mol.